The van der Waals surface area contributed by atoms with Crippen molar-refractivity contribution in [2.75, 3.05) is 38.5 Å². The Morgan fingerprint density at radius 1 is 1.35 bits per heavy atom. The van der Waals surface area contributed by atoms with Crippen LogP contribution in [0.2, 0.25) is 0 Å². The van der Waals surface area contributed by atoms with Crippen molar-refractivity contribution in [3.8, 4) is 5.75 Å². The summed E-state index contributed by atoms with van der Waals surface area (Å²) in [6.07, 6.45) is 4.42. The minimum atomic E-state index is 0.232. The van der Waals surface area contributed by atoms with Gasteiger partial charge in [-0.15, -0.1) is 0 Å². The number of rotatable bonds is 7. The van der Waals surface area contributed by atoms with Crippen LogP contribution in [0.1, 0.15) is 38.2 Å². The van der Waals surface area contributed by atoms with Crippen LogP contribution in [-0.4, -0.2) is 43.6 Å². The van der Waals surface area contributed by atoms with Crippen LogP contribution in [0.25, 0.3) is 0 Å². The molecule has 0 aromatic heterocycles. The van der Waals surface area contributed by atoms with E-state index in [0.717, 1.165) is 63.2 Å². The zero-order chi connectivity index (χ0) is 16.5. The molecular formula is C18H29N3O2. The van der Waals surface area contributed by atoms with Gasteiger partial charge in [-0.1, -0.05) is 19.4 Å². The fourth-order valence-electron chi connectivity index (χ4n) is 2.72. The van der Waals surface area contributed by atoms with Gasteiger partial charge >= 0.3 is 0 Å². The molecule has 1 amide bonds. The topological polar surface area (TPSA) is 67.6 Å². The highest BCUT2D eigenvalue weighted by atomic mass is 16.5. The first-order valence-corrected chi connectivity index (χ1v) is 8.70. The molecule has 5 nitrogen and oxygen atoms in total. The van der Waals surface area contributed by atoms with Crippen LogP contribution in [0.4, 0.5) is 5.69 Å². The van der Waals surface area contributed by atoms with Gasteiger partial charge in [-0.25, -0.2) is 0 Å². The number of hydrogen-bond acceptors (Lipinski definition) is 4. The number of benzene rings is 1. The van der Waals surface area contributed by atoms with Crippen molar-refractivity contribution >= 4 is 11.6 Å². The number of amides is 1. The van der Waals surface area contributed by atoms with Crippen molar-refractivity contribution in [1.29, 1.82) is 0 Å². The second-order valence-corrected chi connectivity index (χ2v) is 6.06. The van der Waals surface area contributed by atoms with E-state index in [4.69, 9.17) is 10.5 Å². The molecule has 0 saturated carbocycles. The lowest BCUT2D eigenvalue weighted by molar-refractivity contribution is -0.130. The maximum atomic E-state index is 12.3. The number of hydrogen-bond donors (Lipinski definition) is 2. The molecule has 1 saturated heterocycles. The Morgan fingerprint density at radius 3 is 3.00 bits per heavy atom. The van der Waals surface area contributed by atoms with Gasteiger partial charge in [0.05, 0.1) is 12.3 Å². The van der Waals surface area contributed by atoms with Gasteiger partial charge in [-0.05, 0) is 43.5 Å². The molecule has 0 unspecified atom stereocenters. The van der Waals surface area contributed by atoms with Crippen LogP contribution in [0.3, 0.4) is 0 Å². The minimum absolute atomic E-state index is 0.232. The number of carbonyl (C=O) groups is 1. The molecule has 0 atom stereocenters. The summed E-state index contributed by atoms with van der Waals surface area (Å²) in [5.41, 5.74) is 7.79. The lowest BCUT2D eigenvalue weighted by Gasteiger charge is -2.20. The highest BCUT2D eigenvalue weighted by molar-refractivity contribution is 5.76. The first-order valence-electron chi connectivity index (χ1n) is 8.70. The number of nitrogen functional groups attached to an aromatic ring is 1. The molecule has 5 heteroatoms. The van der Waals surface area contributed by atoms with Crippen LogP contribution < -0.4 is 15.8 Å². The molecule has 1 fully saturated rings. The quantitative estimate of drug-likeness (QED) is 0.597. The monoisotopic (exact) mass is 319 g/mol. The van der Waals surface area contributed by atoms with Gasteiger partial charge in [0, 0.05) is 26.1 Å². The third-order valence-corrected chi connectivity index (χ3v) is 4.15. The molecule has 1 aromatic carbocycles. The van der Waals surface area contributed by atoms with Gasteiger partial charge in [0.25, 0.3) is 0 Å². The normalized spacial score (nSPS) is 15.3. The fraction of sp³-hybridized carbons (Fsp3) is 0.611. The standard InChI is InChI=1S/C18H29N3O2/c1-2-3-13-23-17-7-5-15(14-16(17)19)6-8-18(22)21-11-4-9-20-10-12-21/h5,7,14,20H,2-4,6,8-13,19H2,1H3. The molecule has 0 aliphatic carbocycles. The van der Waals surface area contributed by atoms with Gasteiger partial charge in [0.15, 0.2) is 0 Å². The van der Waals surface area contributed by atoms with Gasteiger partial charge < -0.3 is 20.7 Å². The molecule has 2 rings (SSSR count). The summed E-state index contributed by atoms with van der Waals surface area (Å²) < 4.78 is 5.66. The highest BCUT2D eigenvalue weighted by Gasteiger charge is 2.15. The summed E-state index contributed by atoms with van der Waals surface area (Å²) in [6.45, 7) is 6.39. The summed E-state index contributed by atoms with van der Waals surface area (Å²) >= 11 is 0. The zero-order valence-electron chi connectivity index (χ0n) is 14.1. The second-order valence-electron chi connectivity index (χ2n) is 6.06. The second kappa shape index (κ2) is 9.40. The van der Waals surface area contributed by atoms with E-state index in [1.165, 1.54) is 0 Å². The molecule has 0 bridgehead atoms. The average molecular weight is 319 g/mol. The maximum absolute atomic E-state index is 12.3. The Morgan fingerprint density at radius 2 is 2.22 bits per heavy atom. The van der Waals surface area contributed by atoms with Crippen LogP contribution >= 0.6 is 0 Å². The molecule has 0 radical (unpaired) electrons. The average Bonchev–Trinajstić information content (AvgIpc) is 2.84. The number of nitrogens with one attached hydrogen (secondary N) is 1. The van der Waals surface area contributed by atoms with Crippen LogP contribution in [0.5, 0.6) is 5.75 Å². The predicted octanol–water partition coefficient (Wildman–Crippen LogP) is 2.20. The number of aryl methyl sites for hydroxylation is 1. The summed E-state index contributed by atoms with van der Waals surface area (Å²) in [5, 5.41) is 3.32. The zero-order valence-corrected chi connectivity index (χ0v) is 14.1. The van der Waals surface area contributed by atoms with Gasteiger partial charge in [0.1, 0.15) is 5.75 Å². The lowest BCUT2D eigenvalue weighted by atomic mass is 10.1. The third-order valence-electron chi connectivity index (χ3n) is 4.15. The summed E-state index contributed by atoms with van der Waals surface area (Å²) in [6, 6.07) is 5.86. The number of ether oxygens (including phenoxy) is 1. The van der Waals surface area contributed by atoms with Crippen LogP contribution in [0, 0.1) is 0 Å². The molecule has 1 aliphatic rings. The molecular weight excluding hydrogens is 290 g/mol. The molecule has 128 valence electrons. The van der Waals surface area contributed by atoms with E-state index in [9.17, 15) is 4.79 Å². The largest absolute Gasteiger partial charge is 0.491 e. The third kappa shape index (κ3) is 5.75. The number of nitrogens with zero attached hydrogens (tertiary/aromatic N) is 1. The fourth-order valence-corrected chi connectivity index (χ4v) is 2.72. The van der Waals surface area contributed by atoms with Crippen molar-refractivity contribution in [1.82, 2.24) is 10.2 Å². The molecule has 23 heavy (non-hydrogen) atoms. The van der Waals surface area contributed by atoms with Crippen molar-refractivity contribution in [2.45, 2.75) is 39.0 Å². The van der Waals surface area contributed by atoms with E-state index in [0.29, 0.717) is 18.7 Å². The minimum Gasteiger partial charge on any atom is -0.491 e. The van der Waals surface area contributed by atoms with E-state index in [1.807, 2.05) is 23.1 Å². The van der Waals surface area contributed by atoms with Crippen molar-refractivity contribution < 1.29 is 9.53 Å². The van der Waals surface area contributed by atoms with Crippen molar-refractivity contribution in [3.63, 3.8) is 0 Å². The van der Waals surface area contributed by atoms with E-state index in [-0.39, 0.29) is 5.91 Å². The van der Waals surface area contributed by atoms with E-state index in [2.05, 4.69) is 12.2 Å². The van der Waals surface area contributed by atoms with Crippen molar-refractivity contribution in [3.05, 3.63) is 23.8 Å². The van der Waals surface area contributed by atoms with E-state index < -0.39 is 0 Å². The lowest BCUT2D eigenvalue weighted by Crippen LogP contribution is -2.34. The van der Waals surface area contributed by atoms with Crippen molar-refractivity contribution in [2.24, 2.45) is 0 Å². The smallest absolute Gasteiger partial charge is 0.222 e. The van der Waals surface area contributed by atoms with Gasteiger partial charge in [-0.2, -0.15) is 0 Å². The molecule has 1 heterocycles. The first kappa shape index (κ1) is 17.6. The molecule has 0 spiro atoms. The molecule has 1 aliphatic heterocycles. The SMILES string of the molecule is CCCCOc1ccc(CCC(=O)N2CCCNCC2)cc1N. The Kier molecular flexibility index (Phi) is 7.20. The van der Waals surface area contributed by atoms with E-state index in [1.54, 1.807) is 0 Å². The highest BCUT2D eigenvalue weighted by Crippen LogP contribution is 2.23. The van der Waals surface area contributed by atoms with E-state index >= 15 is 0 Å². The summed E-state index contributed by atoms with van der Waals surface area (Å²) in [5.74, 6) is 0.975. The number of unbranched alkanes of at least 4 members (excludes halogenated alkanes) is 1. The van der Waals surface area contributed by atoms with Gasteiger partial charge in [-0.3, -0.25) is 4.79 Å². The van der Waals surface area contributed by atoms with Crippen LogP contribution in [-0.2, 0) is 11.2 Å². The Labute approximate surface area is 139 Å². The molecule has 3 N–H and O–H groups in total. The number of anilines is 1. The first-order chi connectivity index (χ1) is 11.2. The maximum Gasteiger partial charge on any atom is 0.222 e. The predicted molar refractivity (Wildman–Crippen MR) is 93.6 cm³/mol. The number of carbonyl (C=O) groups excluding carboxylic acids is 1. The summed E-state index contributed by atoms with van der Waals surface area (Å²) in [4.78, 5) is 14.3. The number of nitrogens with two attached hydrogens (primary N) is 1. The summed E-state index contributed by atoms with van der Waals surface area (Å²) in [7, 11) is 0. The Hall–Kier alpha value is -1.75. The van der Waals surface area contributed by atoms with Crippen LogP contribution in [0.15, 0.2) is 18.2 Å². The Bertz CT molecular complexity index is 497. The Balaban J connectivity index is 1.82. The van der Waals surface area contributed by atoms with Gasteiger partial charge in [0.2, 0.25) is 5.91 Å². The molecule has 1 aromatic rings.